The molecule has 4 aromatic rings. The topological polar surface area (TPSA) is 77.0 Å². The quantitative estimate of drug-likeness (QED) is 0.0992. The zero-order valence-corrected chi connectivity index (χ0v) is 20.1. The molecule has 35 heavy (non-hydrogen) atoms. The van der Waals surface area contributed by atoms with Crippen molar-refractivity contribution in [3.63, 3.8) is 0 Å². The predicted molar refractivity (Wildman–Crippen MR) is 140 cm³/mol. The van der Waals surface area contributed by atoms with Crippen LogP contribution in [0, 0.1) is 0 Å². The van der Waals surface area contributed by atoms with Crippen LogP contribution in [0.4, 0.5) is 0 Å². The standard InChI is InChI=1S/C27H21ClN2O4S/c1-2-8-19-10-3-5-13-22(19)33-17-24(31)30-29-16-18-9-7-11-20(15-18)34-27(32)26-25(28)21-12-4-6-14-23(21)35-26/h2-7,9-16H,1,8,17H2,(H,30,31). The molecule has 0 saturated heterocycles. The zero-order valence-electron chi connectivity index (χ0n) is 18.6. The number of hydrogen-bond donors (Lipinski definition) is 1. The van der Waals surface area contributed by atoms with E-state index in [0.717, 1.165) is 15.6 Å². The Morgan fingerprint density at radius 3 is 2.69 bits per heavy atom. The minimum absolute atomic E-state index is 0.181. The number of hydrogen-bond acceptors (Lipinski definition) is 6. The third-order valence-electron chi connectivity index (χ3n) is 4.89. The number of amides is 1. The smallest absolute Gasteiger partial charge is 0.355 e. The fraction of sp³-hybridized carbons (Fsp3) is 0.0741. The Kier molecular flexibility index (Phi) is 7.92. The van der Waals surface area contributed by atoms with Gasteiger partial charge in [0.15, 0.2) is 6.61 Å². The van der Waals surface area contributed by atoms with Crippen molar-refractivity contribution in [3.05, 3.63) is 106 Å². The molecule has 0 aliphatic heterocycles. The molecular formula is C27H21ClN2O4S. The molecule has 3 aromatic carbocycles. The fourth-order valence-electron chi connectivity index (χ4n) is 3.28. The maximum absolute atomic E-state index is 12.7. The van der Waals surface area contributed by atoms with Crippen molar-refractivity contribution in [2.75, 3.05) is 6.61 Å². The van der Waals surface area contributed by atoms with Gasteiger partial charge in [0.25, 0.3) is 5.91 Å². The average molecular weight is 505 g/mol. The molecule has 0 aliphatic carbocycles. The van der Waals surface area contributed by atoms with E-state index in [4.69, 9.17) is 21.1 Å². The first-order valence-electron chi connectivity index (χ1n) is 10.7. The number of fused-ring (bicyclic) bond motifs is 1. The van der Waals surface area contributed by atoms with Gasteiger partial charge in [-0.1, -0.05) is 66.2 Å². The van der Waals surface area contributed by atoms with E-state index < -0.39 is 11.9 Å². The van der Waals surface area contributed by atoms with Crippen LogP contribution in [0.5, 0.6) is 11.5 Å². The Balaban J connectivity index is 1.33. The molecule has 1 aromatic heterocycles. The predicted octanol–water partition coefficient (Wildman–Crippen LogP) is 6.03. The molecule has 6 nitrogen and oxygen atoms in total. The second-order valence-electron chi connectivity index (χ2n) is 7.39. The maximum atomic E-state index is 12.7. The van der Waals surface area contributed by atoms with Crippen molar-refractivity contribution in [1.82, 2.24) is 5.43 Å². The van der Waals surface area contributed by atoms with E-state index in [2.05, 4.69) is 17.1 Å². The summed E-state index contributed by atoms with van der Waals surface area (Å²) in [7, 11) is 0. The van der Waals surface area contributed by atoms with Crippen LogP contribution in [-0.2, 0) is 11.2 Å². The lowest BCUT2D eigenvalue weighted by Gasteiger charge is -2.09. The van der Waals surface area contributed by atoms with Gasteiger partial charge < -0.3 is 9.47 Å². The summed E-state index contributed by atoms with van der Waals surface area (Å²) < 4.78 is 12.0. The van der Waals surface area contributed by atoms with E-state index in [-0.39, 0.29) is 6.61 Å². The molecule has 1 heterocycles. The summed E-state index contributed by atoms with van der Waals surface area (Å²) in [4.78, 5) is 25.1. The number of allylic oxidation sites excluding steroid dienone is 1. The Labute approximate surface area is 211 Å². The summed E-state index contributed by atoms with van der Waals surface area (Å²) in [6.07, 6.45) is 3.87. The molecule has 8 heteroatoms. The van der Waals surface area contributed by atoms with Crippen molar-refractivity contribution in [1.29, 1.82) is 0 Å². The van der Waals surface area contributed by atoms with Gasteiger partial charge >= 0.3 is 5.97 Å². The highest BCUT2D eigenvalue weighted by Crippen LogP contribution is 2.35. The van der Waals surface area contributed by atoms with Gasteiger partial charge in [-0.15, -0.1) is 17.9 Å². The normalized spacial score (nSPS) is 10.9. The van der Waals surface area contributed by atoms with Gasteiger partial charge in [-0.2, -0.15) is 5.10 Å². The van der Waals surface area contributed by atoms with Crippen molar-refractivity contribution in [2.24, 2.45) is 5.10 Å². The zero-order chi connectivity index (χ0) is 24.6. The van der Waals surface area contributed by atoms with E-state index in [1.165, 1.54) is 17.6 Å². The fourth-order valence-corrected chi connectivity index (χ4v) is 4.67. The molecule has 0 spiro atoms. The second kappa shape index (κ2) is 11.5. The Hall–Kier alpha value is -3.94. The summed E-state index contributed by atoms with van der Waals surface area (Å²) >= 11 is 7.65. The number of hydrazone groups is 1. The van der Waals surface area contributed by atoms with E-state index in [0.29, 0.717) is 33.4 Å². The number of nitrogens with one attached hydrogen (secondary N) is 1. The summed E-state index contributed by atoms with van der Waals surface area (Å²) in [6.45, 7) is 3.54. The summed E-state index contributed by atoms with van der Waals surface area (Å²) in [6, 6.07) is 21.8. The molecule has 0 atom stereocenters. The van der Waals surface area contributed by atoms with E-state index in [9.17, 15) is 9.59 Å². The number of thiophene rings is 1. The van der Waals surface area contributed by atoms with Crippen LogP contribution in [-0.4, -0.2) is 24.7 Å². The van der Waals surface area contributed by atoms with Crippen LogP contribution in [0.25, 0.3) is 10.1 Å². The lowest BCUT2D eigenvalue weighted by atomic mass is 10.1. The van der Waals surface area contributed by atoms with Gasteiger partial charge in [-0.25, -0.2) is 10.2 Å². The molecule has 1 amide bonds. The lowest BCUT2D eigenvalue weighted by molar-refractivity contribution is -0.123. The maximum Gasteiger partial charge on any atom is 0.355 e. The first kappa shape index (κ1) is 24.2. The molecule has 0 fully saturated rings. The van der Waals surface area contributed by atoms with Gasteiger partial charge in [0.05, 0.1) is 11.2 Å². The highest BCUT2D eigenvalue weighted by atomic mass is 35.5. The monoisotopic (exact) mass is 504 g/mol. The summed E-state index contributed by atoms with van der Waals surface area (Å²) in [5.41, 5.74) is 4.00. The van der Waals surface area contributed by atoms with Crippen molar-refractivity contribution in [3.8, 4) is 11.5 Å². The number of halogens is 1. The van der Waals surface area contributed by atoms with Crippen LogP contribution in [0.15, 0.2) is 90.6 Å². The van der Waals surface area contributed by atoms with Gasteiger partial charge in [-0.3, -0.25) is 4.79 Å². The molecule has 176 valence electrons. The Morgan fingerprint density at radius 2 is 1.86 bits per heavy atom. The summed E-state index contributed by atoms with van der Waals surface area (Å²) in [5.74, 6) is 0.0184. The summed E-state index contributed by atoms with van der Waals surface area (Å²) in [5, 5.41) is 5.15. The first-order valence-corrected chi connectivity index (χ1v) is 11.9. The minimum atomic E-state index is -0.535. The van der Waals surface area contributed by atoms with Gasteiger partial charge in [0.2, 0.25) is 0 Å². The van der Waals surface area contributed by atoms with E-state index in [1.807, 2.05) is 42.5 Å². The molecule has 1 N–H and O–H groups in total. The average Bonchev–Trinajstić information content (AvgIpc) is 3.21. The molecule has 0 aliphatic rings. The van der Waals surface area contributed by atoms with Crippen LogP contribution in [0.2, 0.25) is 5.02 Å². The molecular weight excluding hydrogens is 484 g/mol. The Morgan fingerprint density at radius 1 is 1.06 bits per heavy atom. The number of benzene rings is 3. The number of esters is 1. The van der Waals surface area contributed by atoms with Crippen molar-refractivity contribution < 1.29 is 19.1 Å². The number of carbonyl (C=O) groups excluding carboxylic acids is 2. The first-order chi connectivity index (χ1) is 17.0. The van der Waals surface area contributed by atoms with E-state index >= 15 is 0 Å². The minimum Gasteiger partial charge on any atom is -0.483 e. The third kappa shape index (κ3) is 6.15. The third-order valence-corrected chi connectivity index (χ3v) is 6.54. The molecule has 0 unspecified atom stereocenters. The highest BCUT2D eigenvalue weighted by Gasteiger charge is 2.19. The van der Waals surface area contributed by atoms with Crippen molar-refractivity contribution >= 4 is 51.1 Å². The number of carbonyl (C=O) groups is 2. The number of rotatable bonds is 9. The number of ether oxygens (including phenoxy) is 2. The van der Waals surface area contributed by atoms with Crippen molar-refractivity contribution in [2.45, 2.75) is 6.42 Å². The van der Waals surface area contributed by atoms with Gasteiger partial charge in [0.1, 0.15) is 16.4 Å². The van der Waals surface area contributed by atoms with Crippen LogP contribution in [0.1, 0.15) is 20.8 Å². The SMILES string of the molecule is C=CCc1ccccc1OCC(=O)NN=Cc1cccc(OC(=O)c2sc3ccccc3c2Cl)c1. The molecule has 0 saturated carbocycles. The van der Waals surface area contributed by atoms with Crippen LogP contribution >= 0.6 is 22.9 Å². The Bertz CT molecular complexity index is 1410. The van der Waals surface area contributed by atoms with Gasteiger partial charge in [0, 0.05) is 10.1 Å². The lowest BCUT2D eigenvalue weighted by Crippen LogP contribution is -2.24. The molecule has 0 bridgehead atoms. The van der Waals surface area contributed by atoms with Crippen LogP contribution < -0.4 is 14.9 Å². The number of para-hydroxylation sites is 1. The molecule has 0 radical (unpaired) electrons. The van der Waals surface area contributed by atoms with Crippen LogP contribution in [0.3, 0.4) is 0 Å². The number of nitrogens with zero attached hydrogens (tertiary/aromatic N) is 1. The second-order valence-corrected chi connectivity index (χ2v) is 8.82. The highest BCUT2D eigenvalue weighted by molar-refractivity contribution is 7.21. The van der Waals surface area contributed by atoms with E-state index in [1.54, 1.807) is 36.4 Å². The molecule has 4 rings (SSSR count). The largest absolute Gasteiger partial charge is 0.483 e. The van der Waals surface area contributed by atoms with Gasteiger partial charge in [-0.05, 0) is 41.8 Å².